The maximum Gasteiger partial charge on any atom is 0.187 e. The zero-order chi connectivity index (χ0) is 7.90. The summed E-state index contributed by atoms with van der Waals surface area (Å²) in [5.74, 6) is -0.996. The first-order valence-electron chi connectivity index (χ1n) is 3.51. The van der Waals surface area contributed by atoms with E-state index >= 15 is 0 Å². The van der Waals surface area contributed by atoms with E-state index in [2.05, 4.69) is 15.6 Å². The van der Waals surface area contributed by atoms with Crippen molar-refractivity contribution in [1.29, 1.82) is 0 Å². The van der Waals surface area contributed by atoms with Gasteiger partial charge in [-0.3, -0.25) is 11.5 Å². The fourth-order valence-corrected chi connectivity index (χ4v) is 1.34. The van der Waals surface area contributed by atoms with Gasteiger partial charge in [0.1, 0.15) is 0 Å². The van der Waals surface area contributed by atoms with Crippen LogP contribution in [0.2, 0.25) is 0 Å². The summed E-state index contributed by atoms with van der Waals surface area (Å²) in [5, 5.41) is 6.15. The van der Waals surface area contributed by atoms with E-state index < -0.39 is 5.79 Å². The molecule has 0 aliphatic carbocycles. The number of nitrogens with zero attached hydrogens (tertiary/aromatic N) is 1. The lowest BCUT2D eigenvalue weighted by molar-refractivity contribution is 0.529. The third-order valence-corrected chi connectivity index (χ3v) is 1.97. The van der Waals surface area contributed by atoms with Crippen LogP contribution in [0.15, 0.2) is 16.3 Å². The Bertz CT molecular complexity index is 239. The molecule has 5 nitrogen and oxygen atoms in total. The quantitative estimate of drug-likeness (QED) is 0.304. The van der Waals surface area contributed by atoms with Gasteiger partial charge < -0.3 is 10.6 Å². The van der Waals surface area contributed by atoms with E-state index in [4.69, 9.17) is 11.5 Å². The van der Waals surface area contributed by atoms with Crippen molar-refractivity contribution in [3.63, 3.8) is 0 Å². The molecule has 6 N–H and O–H groups in total. The molecule has 2 rings (SSSR count). The van der Waals surface area contributed by atoms with Crippen molar-refractivity contribution >= 4 is 6.34 Å². The van der Waals surface area contributed by atoms with Gasteiger partial charge in [0.2, 0.25) is 0 Å². The summed E-state index contributed by atoms with van der Waals surface area (Å²) in [7, 11) is 0. The molecule has 0 atom stereocenters. The summed E-state index contributed by atoms with van der Waals surface area (Å²) in [6.07, 6.45) is 1.55. The summed E-state index contributed by atoms with van der Waals surface area (Å²) in [6.45, 7) is 1.53. The van der Waals surface area contributed by atoms with Gasteiger partial charge in [0.15, 0.2) is 5.79 Å². The Morgan fingerprint density at radius 1 is 1.45 bits per heavy atom. The minimum atomic E-state index is -0.996. The van der Waals surface area contributed by atoms with E-state index in [1.807, 2.05) is 0 Å². The molecule has 0 bridgehead atoms. The van der Waals surface area contributed by atoms with E-state index in [0.29, 0.717) is 0 Å². The molecule has 0 radical (unpaired) electrons. The van der Waals surface area contributed by atoms with Crippen molar-refractivity contribution < 1.29 is 0 Å². The van der Waals surface area contributed by atoms with Gasteiger partial charge in [0.05, 0.1) is 6.34 Å². The third-order valence-electron chi connectivity index (χ3n) is 1.97. The van der Waals surface area contributed by atoms with Crippen LogP contribution in [0.5, 0.6) is 0 Å². The van der Waals surface area contributed by atoms with Gasteiger partial charge in [-0.2, -0.15) is 0 Å². The van der Waals surface area contributed by atoms with E-state index in [1.54, 1.807) is 6.34 Å². The molecule has 2 heterocycles. The Hall–Kier alpha value is -0.910. The lowest BCUT2D eigenvalue weighted by Gasteiger charge is -2.25. The molecule has 0 aromatic carbocycles. The van der Waals surface area contributed by atoms with Gasteiger partial charge in [-0.15, -0.1) is 0 Å². The molecule has 60 valence electrons. The summed E-state index contributed by atoms with van der Waals surface area (Å²) >= 11 is 0. The molecule has 0 amide bonds. The molecular weight excluding hydrogens is 142 g/mol. The summed E-state index contributed by atoms with van der Waals surface area (Å²) in [4.78, 5) is 3.93. The predicted molar refractivity (Wildman–Crippen MR) is 42.6 cm³/mol. The van der Waals surface area contributed by atoms with Crippen LogP contribution >= 0.6 is 0 Å². The lowest BCUT2D eigenvalue weighted by atomic mass is 10.1. The molecule has 0 fully saturated rings. The average molecular weight is 153 g/mol. The number of hydrogen-bond donors (Lipinski definition) is 4. The van der Waals surface area contributed by atoms with Crippen molar-refractivity contribution in [2.24, 2.45) is 16.5 Å². The molecule has 2 aliphatic rings. The van der Waals surface area contributed by atoms with Crippen molar-refractivity contribution in [3.05, 3.63) is 11.3 Å². The highest BCUT2D eigenvalue weighted by molar-refractivity contribution is 5.63. The van der Waals surface area contributed by atoms with Crippen LogP contribution in [0.4, 0.5) is 0 Å². The van der Waals surface area contributed by atoms with Crippen molar-refractivity contribution in [2.75, 3.05) is 13.1 Å². The van der Waals surface area contributed by atoms with Crippen LogP contribution in [0.3, 0.4) is 0 Å². The highest BCUT2D eigenvalue weighted by atomic mass is 15.2. The SMILES string of the molecule is NC1(N)N=CNC2=C1CNC2. The molecule has 5 heteroatoms. The van der Waals surface area contributed by atoms with E-state index in [1.165, 1.54) is 0 Å². The zero-order valence-electron chi connectivity index (χ0n) is 6.09. The van der Waals surface area contributed by atoms with Crippen molar-refractivity contribution in [3.8, 4) is 0 Å². The Morgan fingerprint density at radius 2 is 2.27 bits per heavy atom. The van der Waals surface area contributed by atoms with Crippen LogP contribution in [-0.2, 0) is 0 Å². The number of hydrogen-bond acceptors (Lipinski definition) is 5. The first-order valence-corrected chi connectivity index (χ1v) is 3.51. The maximum absolute atomic E-state index is 5.70. The second kappa shape index (κ2) is 2.04. The monoisotopic (exact) mass is 153 g/mol. The number of nitrogens with one attached hydrogen (secondary N) is 2. The molecule has 2 aliphatic heterocycles. The number of nitrogens with two attached hydrogens (primary N) is 2. The normalized spacial score (nSPS) is 26.7. The molecule has 0 unspecified atom stereocenters. The summed E-state index contributed by atoms with van der Waals surface area (Å²) in [6, 6.07) is 0. The Balaban J connectivity index is 2.36. The highest BCUT2D eigenvalue weighted by Gasteiger charge is 2.31. The topological polar surface area (TPSA) is 88.5 Å². The fraction of sp³-hybridized carbons (Fsp3) is 0.500. The second-order valence-corrected chi connectivity index (χ2v) is 2.79. The number of rotatable bonds is 0. The molecule has 0 aromatic rings. The highest BCUT2D eigenvalue weighted by Crippen LogP contribution is 2.18. The van der Waals surface area contributed by atoms with Gasteiger partial charge in [-0.1, -0.05) is 0 Å². The van der Waals surface area contributed by atoms with Crippen LogP contribution in [0.1, 0.15) is 0 Å². The largest absolute Gasteiger partial charge is 0.349 e. The first-order chi connectivity index (χ1) is 5.20. The van der Waals surface area contributed by atoms with E-state index in [-0.39, 0.29) is 0 Å². The van der Waals surface area contributed by atoms with Gasteiger partial charge >= 0.3 is 0 Å². The Labute approximate surface area is 64.5 Å². The fourth-order valence-electron chi connectivity index (χ4n) is 1.34. The standard InChI is InChI=1S/C6H11N5/c7-6(8)4-1-9-2-5(4)10-3-11-6/h3,9H,1-2,7-8H2,(H,10,11). The van der Waals surface area contributed by atoms with E-state index in [0.717, 1.165) is 24.4 Å². The smallest absolute Gasteiger partial charge is 0.187 e. The molecule has 0 saturated heterocycles. The van der Waals surface area contributed by atoms with Crippen LogP contribution in [-0.4, -0.2) is 25.2 Å². The Kier molecular flexibility index (Phi) is 1.26. The molecule has 0 spiro atoms. The summed E-state index contributed by atoms with van der Waals surface area (Å²) < 4.78 is 0. The molecule has 11 heavy (non-hydrogen) atoms. The Morgan fingerprint density at radius 3 is 3.00 bits per heavy atom. The molecule has 0 saturated carbocycles. The second-order valence-electron chi connectivity index (χ2n) is 2.79. The van der Waals surface area contributed by atoms with Gasteiger partial charge in [-0.25, -0.2) is 4.99 Å². The third kappa shape index (κ3) is 0.936. The van der Waals surface area contributed by atoms with Crippen LogP contribution in [0, 0.1) is 0 Å². The zero-order valence-corrected chi connectivity index (χ0v) is 6.09. The minimum Gasteiger partial charge on any atom is -0.349 e. The maximum atomic E-state index is 5.70. The van der Waals surface area contributed by atoms with Gasteiger partial charge in [0, 0.05) is 24.4 Å². The van der Waals surface area contributed by atoms with Crippen molar-refractivity contribution in [2.45, 2.75) is 5.79 Å². The summed E-state index contributed by atoms with van der Waals surface area (Å²) in [5.41, 5.74) is 13.4. The molecule has 0 aromatic heterocycles. The van der Waals surface area contributed by atoms with Gasteiger partial charge in [0.25, 0.3) is 0 Å². The first kappa shape index (κ1) is 6.78. The van der Waals surface area contributed by atoms with E-state index in [9.17, 15) is 0 Å². The minimum absolute atomic E-state index is 0.729. The molecular formula is C6H11N5. The van der Waals surface area contributed by atoms with Crippen LogP contribution in [0.25, 0.3) is 0 Å². The van der Waals surface area contributed by atoms with Crippen molar-refractivity contribution in [1.82, 2.24) is 10.6 Å². The van der Waals surface area contributed by atoms with Gasteiger partial charge in [-0.05, 0) is 0 Å². The van der Waals surface area contributed by atoms with Crippen LogP contribution < -0.4 is 22.1 Å². The number of aliphatic imine (C=N–C) groups is 1. The predicted octanol–water partition coefficient (Wildman–Crippen LogP) is -1.95. The average Bonchev–Trinajstić information content (AvgIpc) is 2.34. The lowest BCUT2D eigenvalue weighted by Crippen LogP contribution is -2.53.